The first kappa shape index (κ1) is 18.9. The molecule has 23 heavy (non-hydrogen) atoms. The summed E-state index contributed by atoms with van der Waals surface area (Å²) in [6, 6.07) is -1.80. The van der Waals surface area contributed by atoms with Crippen LogP contribution in [0.15, 0.2) is 0 Å². The molecule has 0 heterocycles. The standard InChI is InChI=1S/C13H16F3NO6/c1-22-9(19)7(17-10(20)13(14,15)16)6-12(11(21)23-2)5-3-4-8(12)18/h7H,3-6H2,1-2H3,(H,17,20)/t7-,12-/m0/s1. The molecule has 1 rings (SSSR count). The van der Waals surface area contributed by atoms with Gasteiger partial charge in [-0.3, -0.25) is 14.4 Å². The molecule has 0 spiro atoms. The fourth-order valence-corrected chi connectivity index (χ4v) is 2.56. The Hall–Kier alpha value is -2.13. The van der Waals surface area contributed by atoms with Gasteiger partial charge < -0.3 is 14.8 Å². The lowest BCUT2D eigenvalue weighted by atomic mass is 9.79. The van der Waals surface area contributed by atoms with Gasteiger partial charge in [0.15, 0.2) is 0 Å². The van der Waals surface area contributed by atoms with Gasteiger partial charge in [0.2, 0.25) is 0 Å². The zero-order chi connectivity index (χ0) is 17.8. The normalized spacial score (nSPS) is 22.4. The maximum Gasteiger partial charge on any atom is 0.471 e. The van der Waals surface area contributed by atoms with Gasteiger partial charge in [-0.15, -0.1) is 0 Å². The molecule has 0 aromatic carbocycles. The van der Waals surface area contributed by atoms with E-state index in [0.29, 0.717) is 6.42 Å². The van der Waals surface area contributed by atoms with Gasteiger partial charge in [0.1, 0.15) is 17.2 Å². The summed E-state index contributed by atoms with van der Waals surface area (Å²) >= 11 is 0. The number of ketones is 1. The van der Waals surface area contributed by atoms with E-state index in [1.54, 1.807) is 0 Å². The van der Waals surface area contributed by atoms with Crippen LogP contribution in [-0.2, 0) is 28.7 Å². The molecular formula is C13H16F3NO6. The summed E-state index contributed by atoms with van der Waals surface area (Å²) in [6.45, 7) is 0. The predicted molar refractivity (Wildman–Crippen MR) is 67.9 cm³/mol. The van der Waals surface area contributed by atoms with Crippen LogP contribution < -0.4 is 5.32 Å². The number of methoxy groups -OCH3 is 2. The zero-order valence-electron chi connectivity index (χ0n) is 12.5. The van der Waals surface area contributed by atoms with Crippen molar-refractivity contribution in [3.63, 3.8) is 0 Å². The molecule has 1 aliphatic carbocycles. The predicted octanol–water partition coefficient (Wildman–Crippen LogP) is 0.509. The van der Waals surface area contributed by atoms with E-state index in [4.69, 9.17) is 0 Å². The Bertz CT molecular complexity index is 518. The van der Waals surface area contributed by atoms with Crippen molar-refractivity contribution in [2.45, 2.75) is 37.9 Å². The molecular weight excluding hydrogens is 323 g/mol. The largest absolute Gasteiger partial charge is 0.471 e. The van der Waals surface area contributed by atoms with E-state index in [1.807, 2.05) is 0 Å². The highest BCUT2D eigenvalue weighted by molar-refractivity contribution is 6.05. The number of ether oxygens (including phenoxy) is 2. The summed E-state index contributed by atoms with van der Waals surface area (Å²) in [4.78, 5) is 46.7. The van der Waals surface area contributed by atoms with E-state index in [2.05, 4.69) is 9.47 Å². The van der Waals surface area contributed by atoms with Crippen LogP contribution in [0.4, 0.5) is 13.2 Å². The molecule has 1 fully saturated rings. The van der Waals surface area contributed by atoms with Gasteiger partial charge in [-0.05, 0) is 12.8 Å². The van der Waals surface area contributed by atoms with E-state index < -0.39 is 47.7 Å². The van der Waals surface area contributed by atoms with E-state index in [1.165, 1.54) is 5.32 Å². The Morgan fingerprint density at radius 3 is 2.26 bits per heavy atom. The van der Waals surface area contributed by atoms with Crippen LogP contribution in [0.25, 0.3) is 0 Å². The lowest BCUT2D eigenvalue weighted by Crippen LogP contribution is -2.51. The summed E-state index contributed by atoms with van der Waals surface area (Å²) in [5.41, 5.74) is -1.76. The highest BCUT2D eigenvalue weighted by atomic mass is 19.4. The molecule has 0 aliphatic heterocycles. The lowest BCUT2D eigenvalue weighted by molar-refractivity contribution is -0.176. The third-order valence-electron chi connectivity index (χ3n) is 3.72. The third kappa shape index (κ3) is 3.99. The lowest BCUT2D eigenvalue weighted by Gasteiger charge is -2.28. The Morgan fingerprint density at radius 1 is 1.26 bits per heavy atom. The quantitative estimate of drug-likeness (QED) is 0.579. The maximum atomic E-state index is 12.4. The van der Waals surface area contributed by atoms with Crippen LogP contribution >= 0.6 is 0 Å². The Kier molecular flexibility index (Phi) is 5.73. The van der Waals surface area contributed by atoms with Gasteiger partial charge in [-0.1, -0.05) is 0 Å². The van der Waals surface area contributed by atoms with Crippen molar-refractivity contribution >= 4 is 23.6 Å². The fraction of sp³-hybridized carbons (Fsp3) is 0.692. The molecule has 0 bridgehead atoms. The number of Topliss-reactive ketones (excluding diaryl/α,β-unsaturated/α-hetero) is 1. The van der Waals surface area contributed by atoms with E-state index in [-0.39, 0.29) is 12.8 Å². The number of nitrogens with one attached hydrogen (secondary N) is 1. The highest BCUT2D eigenvalue weighted by Gasteiger charge is 2.53. The van der Waals surface area contributed by atoms with Crippen molar-refractivity contribution in [3.8, 4) is 0 Å². The molecule has 0 unspecified atom stereocenters. The number of halogens is 3. The minimum Gasteiger partial charge on any atom is -0.468 e. The first-order valence-electron chi connectivity index (χ1n) is 6.65. The highest BCUT2D eigenvalue weighted by Crippen LogP contribution is 2.40. The summed E-state index contributed by atoms with van der Waals surface area (Å²) < 4.78 is 46.0. The number of carbonyl (C=O) groups excluding carboxylic acids is 4. The number of carbonyl (C=O) groups is 4. The summed E-state index contributed by atoms with van der Waals surface area (Å²) in [7, 11) is 1.94. The first-order chi connectivity index (χ1) is 10.6. The minimum atomic E-state index is -5.22. The van der Waals surface area contributed by atoms with Gasteiger partial charge >= 0.3 is 24.0 Å². The Morgan fingerprint density at radius 2 is 1.87 bits per heavy atom. The fourth-order valence-electron chi connectivity index (χ4n) is 2.56. The van der Waals surface area contributed by atoms with Gasteiger partial charge in [0.25, 0.3) is 0 Å². The minimum absolute atomic E-state index is 0.0217. The van der Waals surface area contributed by atoms with Crippen LogP contribution in [0, 0.1) is 5.41 Å². The second kappa shape index (κ2) is 6.97. The SMILES string of the molecule is COC(=O)[C@H](C[C@@]1(C(=O)OC)CCCC1=O)NC(=O)C(F)(F)F. The molecule has 0 aromatic rings. The van der Waals surface area contributed by atoms with Crippen LogP contribution in [0.5, 0.6) is 0 Å². The maximum absolute atomic E-state index is 12.4. The van der Waals surface area contributed by atoms with Crippen molar-refractivity contribution in [1.29, 1.82) is 0 Å². The Labute approximate surface area is 129 Å². The molecule has 7 nitrogen and oxygen atoms in total. The molecule has 0 aromatic heterocycles. The van der Waals surface area contributed by atoms with Gasteiger partial charge in [0.05, 0.1) is 14.2 Å². The Balaban J connectivity index is 3.08. The monoisotopic (exact) mass is 339 g/mol. The van der Waals surface area contributed by atoms with Gasteiger partial charge in [-0.2, -0.15) is 13.2 Å². The molecule has 1 aliphatic rings. The van der Waals surface area contributed by atoms with Crippen LogP contribution in [0.2, 0.25) is 0 Å². The summed E-state index contributed by atoms with van der Waals surface area (Å²) in [6.07, 6.45) is -5.48. The van der Waals surface area contributed by atoms with Crippen molar-refractivity contribution in [1.82, 2.24) is 5.32 Å². The van der Waals surface area contributed by atoms with E-state index in [0.717, 1.165) is 14.2 Å². The molecule has 2 atom stereocenters. The van der Waals surface area contributed by atoms with E-state index in [9.17, 15) is 32.3 Å². The average Bonchev–Trinajstić information content (AvgIpc) is 2.85. The van der Waals surface area contributed by atoms with Crippen molar-refractivity contribution in [3.05, 3.63) is 0 Å². The van der Waals surface area contributed by atoms with Crippen LogP contribution in [-0.4, -0.2) is 50.1 Å². The number of alkyl halides is 3. The van der Waals surface area contributed by atoms with Crippen LogP contribution in [0.1, 0.15) is 25.7 Å². The van der Waals surface area contributed by atoms with Crippen molar-refractivity contribution < 1.29 is 41.8 Å². The smallest absolute Gasteiger partial charge is 0.468 e. The number of hydrogen-bond donors (Lipinski definition) is 1. The molecule has 1 N–H and O–H groups in total. The number of esters is 2. The second-order valence-corrected chi connectivity index (χ2v) is 5.10. The summed E-state index contributed by atoms with van der Waals surface area (Å²) in [5.74, 6) is -5.04. The second-order valence-electron chi connectivity index (χ2n) is 5.10. The molecule has 10 heteroatoms. The number of rotatable bonds is 5. The van der Waals surface area contributed by atoms with Crippen LogP contribution in [0.3, 0.4) is 0 Å². The van der Waals surface area contributed by atoms with E-state index >= 15 is 0 Å². The van der Waals surface area contributed by atoms with Crippen molar-refractivity contribution in [2.24, 2.45) is 5.41 Å². The average molecular weight is 339 g/mol. The zero-order valence-corrected chi connectivity index (χ0v) is 12.5. The van der Waals surface area contributed by atoms with Gasteiger partial charge in [0, 0.05) is 12.8 Å². The number of amides is 1. The molecule has 1 amide bonds. The molecule has 0 saturated heterocycles. The van der Waals surface area contributed by atoms with Gasteiger partial charge in [-0.25, -0.2) is 4.79 Å². The van der Waals surface area contributed by atoms with Crippen molar-refractivity contribution in [2.75, 3.05) is 14.2 Å². The molecule has 0 radical (unpaired) electrons. The number of hydrogen-bond acceptors (Lipinski definition) is 6. The molecule has 1 saturated carbocycles. The third-order valence-corrected chi connectivity index (χ3v) is 3.72. The molecule has 130 valence electrons. The topological polar surface area (TPSA) is 98.8 Å². The first-order valence-corrected chi connectivity index (χ1v) is 6.65. The summed E-state index contributed by atoms with van der Waals surface area (Å²) in [5, 5.41) is 1.46.